The monoisotopic (exact) mass is 596 g/mol. The van der Waals surface area contributed by atoms with Gasteiger partial charge in [-0.15, -0.1) is 0 Å². The van der Waals surface area contributed by atoms with E-state index in [4.69, 9.17) is 4.42 Å². The summed E-state index contributed by atoms with van der Waals surface area (Å²) in [7, 11) is 0. The fraction of sp³-hybridized carbons (Fsp3) is 0. The lowest BCUT2D eigenvalue weighted by Gasteiger charge is -2.19. The van der Waals surface area contributed by atoms with E-state index in [1.54, 1.807) is 0 Å². The molecule has 0 spiro atoms. The largest absolute Gasteiger partial charge is 0.464 e. The Morgan fingerprint density at radius 3 is 1.51 bits per heavy atom. The van der Waals surface area contributed by atoms with Gasteiger partial charge < -0.3 is 4.42 Å². The van der Waals surface area contributed by atoms with Gasteiger partial charge in [0.25, 0.3) is 0 Å². The summed E-state index contributed by atoms with van der Waals surface area (Å²) in [6.07, 6.45) is 1.97. The summed E-state index contributed by atoms with van der Waals surface area (Å²) < 4.78 is 6.35. The van der Waals surface area contributed by atoms with Crippen molar-refractivity contribution in [1.82, 2.24) is 0 Å². The van der Waals surface area contributed by atoms with E-state index in [1.807, 2.05) is 6.26 Å². The molecule has 9 aromatic carbocycles. The number of hydrogen-bond donors (Lipinski definition) is 0. The van der Waals surface area contributed by atoms with Crippen molar-refractivity contribution in [2.75, 3.05) is 0 Å². The first-order valence-corrected chi connectivity index (χ1v) is 16.2. The van der Waals surface area contributed by atoms with Crippen LogP contribution in [0.1, 0.15) is 0 Å². The maximum absolute atomic E-state index is 6.35. The molecule has 10 aromatic rings. The van der Waals surface area contributed by atoms with E-state index >= 15 is 0 Å². The van der Waals surface area contributed by atoms with Gasteiger partial charge >= 0.3 is 0 Å². The van der Waals surface area contributed by atoms with Crippen LogP contribution in [0.4, 0.5) is 0 Å². The highest BCUT2D eigenvalue weighted by Gasteiger charge is 2.21. The van der Waals surface area contributed by atoms with Gasteiger partial charge in [0.15, 0.2) is 0 Å². The molecule has 10 rings (SSSR count). The van der Waals surface area contributed by atoms with Crippen molar-refractivity contribution in [3.63, 3.8) is 0 Å². The molecule has 1 nitrogen and oxygen atoms in total. The van der Waals surface area contributed by atoms with Crippen LogP contribution in [0.15, 0.2) is 174 Å². The Bertz CT molecular complexity index is 2840. The van der Waals surface area contributed by atoms with Crippen molar-refractivity contribution in [3.8, 4) is 33.4 Å². The van der Waals surface area contributed by atoms with E-state index in [9.17, 15) is 0 Å². The summed E-state index contributed by atoms with van der Waals surface area (Å²) in [5, 5.41) is 13.4. The number of rotatable bonds is 3. The van der Waals surface area contributed by atoms with Crippen LogP contribution in [0, 0.1) is 0 Å². The van der Waals surface area contributed by atoms with Gasteiger partial charge in [-0.05, 0) is 94.3 Å². The molecule has 47 heavy (non-hydrogen) atoms. The summed E-state index contributed by atoms with van der Waals surface area (Å²) in [6, 6.07) is 59.6. The predicted octanol–water partition coefficient (Wildman–Crippen LogP) is 13.2. The van der Waals surface area contributed by atoms with Gasteiger partial charge in [-0.2, -0.15) is 0 Å². The number of benzene rings is 9. The van der Waals surface area contributed by atoms with Gasteiger partial charge in [-0.25, -0.2) is 0 Å². The highest BCUT2D eigenvalue weighted by Crippen LogP contribution is 2.48. The lowest BCUT2D eigenvalue weighted by atomic mass is 9.83. The van der Waals surface area contributed by atoms with Crippen molar-refractivity contribution < 1.29 is 4.42 Å². The Labute approximate surface area is 271 Å². The Morgan fingerprint density at radius 2 is 0.809 bits per heavy atom. The predicted molar refractivity (Wildman–Crippen MR) is 200 cm³/mol. The van der Waals surface area contributed by atoms with E-state index in [-0.39, 0.29) is 0 Å². The summed E-state index contributed by atoms with van der Waals surface area (Å²) in [5.74, 6) is 0. The highest BCUT2D eigenvalue weighted by molar-refractivity contribution is 6.26. The molecule has 0 aliphatic rings. The molecule has 0 bridgehead atoms. The summed E-state index contributed by atoms with van der Waals surface area (Å²) in [6.45, 7) is 0. The Morgan fingerprint density at radius 1 is 0.298 bits per heavy atom. The molecule has 0 fully saturated rings. The van der Waals surface area contributed by atoms with Gasteiger partial charge in [0.05, 0.1) is 6.26 Å². The molecule has 218 valence electrons. The first kappa shape index (κ1) is 26.1. The first-order valence-electron chi connectivity index (χ1n) is 16.2. The summed E-state index contributed by atoms with van der Waals surface area (Å²) in [4.78, 5) is 0. The van der Waals surface area contributed by atoms with E-state index < -0.39 is 0 Å². The average Bonchev–Trinajstić information content (AvgIpc) is 3.54. The number of fused-ring (bicyclic) bond motifs is 6. The highest BCUT2D eigenvalue weighted by atomic mass is 16.3. The van der Waals surface area contributed by atoms with Crippen LogP contribution < -0.4 is 0 Å². The molecule has 0 saturated carbocycles. The fourth-order valence-electron chi connectivity index (χ4n) is 7.75. The Balaban J connectivity index is 1.38. The molecule has 1 heteroatoms. The third-order valence-corrected chi connectivity index (χ3v) is 9.89. The minimum Gasteiger partial charge on any atom is -0.464 e. The fourth-order valence-corrected chi connectivity index (χ4v) is 7.75. The van der Waals surface area contributed by atoms with Crippen molar-refractivity contribution >= 4 is 64.8 Å². The third-order valence-electron chi connectivity index (χ3n) is 9.89. The Hall–Kier alpha value is -6.18. The van der Waals surface area contributed by atoms with Crippen LogP contribution in [0.5, 0.6) is 0 Å². The maximum Gasteiger partial charge on any atom is 0.135 e. The SMILES string of the molecule is c1ccc2cc3c(-c4c5ccccc5c(-c5cccc6ccccc56)c5ccc(-c6cccc7ccccc67)cc45)coc3cc2c1. The van der Waals surface area contributed by atoms with Crippen molar-refractivity contribution in [1.29, 1.82) is 0 Å². The van der Waals surface area contributed by atoms with Crippen LogP contribution in [0.2, 0.25) is 0 Å². The van der Waals surface area contributed by atoms with Crippen molar-refractivity contribution in [3.05, 3.63) is 170 Å². The van der Waals surface area contributed by atoms with E-state index in [2.05, 4.69) is 164 Å². The minimum atomic E-state index is 0.902. The van der Waals surface area contributed by atoms with Crippen LogP contribution in [-0.4, -0.2) is 0 Å². The molecule has 0 aliphatic heterocycles. The van der Waals surface area contributed by atoms with Gasteiger partial charge in [0, 0.05) is 16.5 Å². The zero-order valence-corrected chi connectivity index (χ0v) is 25.6. The smallest absolute Gasteiger partial charge is 0.135 e. The summed E-state index contributed by atoms with van der Waals surface area (Å²) >= 11 is 0. The van der Waals surface area contributed by atoms with Crippen molar-refractivity contribution in [2.24, 2.45) is 0 Å². The third kappa shape index (κ3) is 3.97. The first-order chi connectivity index (χ1) is 23.3. The maximum atomic E-state index is 6.35. The molecule has 0 N–H and O–H groups in total. The molecular formula is C46H28O. The van der Waals surface area contributed by atoms with Crippen molar-refractivity contribution in [2.45, 2.75) is 0 Å². The second kappa shape index (κ2) is 10.2. The molecule has 0 aliphatic carbocycles. The van der Waals surface area contributed by atoms with Crippen LogP contribution in [0.3, 0.4) is 0 Å². The van der Waals surface area contributed by atoms with Crippen LogP contribution in [-0.2, 0) is 0 Å². The average molecular weight is 597 g/mol. The Kier molecular flexibility index (Phi) is 5.64. The second-order valence-electron chi connectivity index (χ2n) is 12.5. The molecule has 0 atom stereocenters. The van der Waals surface area contributed by atoms with Gasteiger partial charge in [-0.3, -0.25) is 0 Å². The van der Waals surface area contributed by atoms with Crippen LogP contribution >= 0.6 is 0 Å². The van der Waals surface area contributed by atoms with E-state index in [0.717, 1.165) is 16.5 Å². The zero-order chi connectivity index (χ0) is 30.9. The van der Waals surface area contributed by atoms with E-state index in [0.29, 0.717) is 0 Å². The molecule has 0 radical (unpaired) electrons. The topological polar surface area (TPSA) is 13.1 Å². The van der Waals surface area contributed by atoms with Gasteiger partial charge in [0.2, 0.25) is 0 Å². The summed E-state index contributed by atoms with van der Waals surface area (Å²) in [5.41, 5.74) is 8.17. The lowest BCUT2D eigenvalue weighted by Crippen LogP contribution is -1.92. The zero-order valence-electron chi connectivity index (χ0n) is 25.6. The van der Waals surface area contributed by atoms with Crippen LogP contribution in [0.25, 0.3) is 98.2 Å². The molecule has 0 unspecified atom stereocenters. The normalized spacial score (nSPS) is 11.8. The molecule has 1 heterocycles. The molecule has 1 aromatic heterocycles. The van der Waals surface area contributed by atoms with E-state index in [1.165, 1.54) is 81.7 Å². The lowest BCUT2D eigenvalue weighted by molar-refractivity contribution is 0.617. The molecule has 0 saturated heterocycles. The number of hydrogen-bond acceptors (Lipinski definition) is 1. The second-order valence-corrected chi connectivity index (χ2v) is 12.5. The van der Waals surface area contributed by atoms with Gasteiger partial charge in [-0.1, -0.05) is 146 Å². The minimum absolute atomic E-state index is 0.902. The standard InChI is InChI=1S/C46H28O/c1-2-14-32-27-44-41(25-31(32)13-1)43(28-47-44)46-39-20-8-7-19-38(39)45(37-22-10-16-30-12-4-6-18-35(30)37)40-24-23-33(26-42(40)46)36-21-9-15-29-11-3-5-17-34(29)36/h1-28H. The molecular weight excluding hydrogens is 569 g/mol. The van der Waals surface area contributed by atoms with Gasteiger partial charge in [0.1, 0.15) is 5.58 Å². The molecule has 0 amide bonds. The quantitative estimate of drug-likeness (QED) is 0.185. The number of furan rings is 1.